The number of carbonyl (C=O) groups is 2. The van der Waals surface area contributed by atoms with Gasteiger partial charge in [0.05, 0.1) is 5.69 Å². The van der Waals surface area contributed by atoms with Gasteiger partial charge in [-0.3, -0.25) is 9.59 Å². The lowest BCUT2D eigenvalue weighted by Gasteiger charge is -2.27. The molecule has 21 heavy (non-hydrogen) atoms. The first-order valence-electron chi connectivity index (χ1n) is 6.25. The van der Waals surface area contributed by atoms with Gasteiger partial charge in [-0.05, 0) is 19.1 Å². The second kappa shape index (κ2) is 7.31. The molecule has 0 aliphatic rings. The van der Waals surface area contributed by atoms with E-state index in [4.69, 9.17) is 9.47 Å². The van der Waals surface area contributed by atoms with Crippen LogP contribution in [-0.4, -0.2) is 34.5 Å². The maximum absolute atomic E-state index is 11.1. The maximum atomic E-state index is 11.1. The van der Waals surface area contributed by atoms with E-state index in [1.54, 1.807) is 6.92 Å². The largest absolute Gasteiger partial charge is 0.508 e. The highest BCUT2D eigenvalue weighted by atomic mass is 79.9. The van der Waals surface area contributed by atoms with Crippen molar-refractivity contribution in [1.29, 1.82) is 0 Å². The van der Waals surface area contributed by atoms with Crippen molar-refractivity contribution in [3.05, 3.63) is 18.2 Å². The molecule has 0 saturated carbocycles. The lowest BCUT2D eigenvalue weighted by atomic mass is 10.1. The Morgan fingerprint density at radius 3 is 2.57 bits per heavy atom. The summed E-state index contributed by atoms with van der Waals surface area (Å²) in [6, 6.07) is 4.35. The Bertz CT molecular complexity index is 534. The Morgan fingerprint density at radius 1 is 1.38 bits per heavy atom. The number of phenolic OH excluding ortho intramolecular Hbond substituents is 1. The summed E-state index contributed by atoms with van der Waals surface area (Å²) in [7, 11) is 0. The minimum Gasteiger partial charge on any atom is -0.508 e. The minimum atomic E-state index is -0.856. The van der Waals surface area contributed by atoms with Crippen molar-refractivity contribution in [3.8, 4) is 11.5 Å². The number of alkyl halides is 1. The lowest BCUT2D eigenvalue weighted by molar-refractivity contribution is -0.155. The number of hydrogen-bond donors (Lipinski definition) is 2. The molecule has 0 saturated heterocycles. The fourth-order valence-corrected chi connectivity index (χ4v) is 1.87. The van der Waals surface area contributed by atoms with Crippen LogP contribution in [0.15, 0.2) is 18.2 Å². The molecule has 0 aliphatic heterocycles. The van der Waals surface area contributed by atoms with Crippen molar-refractivity contribution in [2.45, 2.75) is 26.4 Å². The van der Waals surface area contributed by atoms with Gasteiger partial charge in [-0.2, -0.15) is 0 Å². The van der Waals surface area contributed by atoms with Gasteiger partial charge < -0.3 is 19.9 Å². The van der Waals surface area contributed by atoms with E-state index in [-0.39, 0.29) is 18.3 Å². The number of esters is 1. The van der Waals surface area contributed by atoms with Crippen LogP contribution in [0.1, 0.15) is 20.8 Å². The van der Waals surface area contributed by atoms with Crippen molar-refractivity contribution in [2.75, 3.05) is 17.3 Å². The zero-order chi connectivity index (χ0) is 16.0. The Labute approximate surface area is 131 Å². The number of aromatic hydroxyl groups is 1. The highest BCUT2D eigenvalue weighted by molar-refractivity contribution is 9.09. The Hall–Kier alpha value is -1.76. The van der Waals surface area contributed by atoms with Crippen molar-refractivity contribution in [1.82, 2.24) is 0 Å². The van der Waals surface area contributed by atoms with Gasteiger partial charge in [0, 0.05) is 25.2 Å². The fraction of sp³-hybridized carbons (Fsp3) is 0.429. The van der Waals surface area contributed by atoms with Crippen molar-refractivity contribution in [3.63, 3.8) is 0 Å². The molecular weight excluding hydrogens is 342 g/mol. The van der Waals surface area contributed by atoms with Gasteiger partial charge in [0.15, 0.2) is 5.60 Å². The number of anilines is 1. The van der Waals surface area contributed by atoms with Gasteiger partial charge in [0.25, 0.3) is 0 Å². The molecule has 2 N–H and O–H groups in total. The highest BCUT2D eigenvalue weighted by Crippen LogP contribution is 2.30. The van der Waals surface area contributed by atoms with E-state index < -0.39 is 11.6 Å². The summed E-state index contributed by atoms with van der Waals surface area (Å²) in [4.78, 5) is 22.2. The molecule has 0 radical (unpaired) electrons. The van der Waals surface area contributed by atoms with E-state index in [2.05, 4.69) is 21.2 Å². The zero-order valence-corrected chi connectivity index (χ0v) is 13.7. The van der Waals surface area contributed by atoms with Gasteiger partial charge >= 0.3 is 5.97 Å². The minimum absolute atomic E-state index is 0.00661. The SMILES string of the molecule is CC(=O)Nc1ccc(O)cc1OCC(C)(CBr)OC(C)=O. The number of halogens is 1. The molecule has 116 valence electrons. The molecule has 0 spiro atoms. The second-order valence-electron chi connectivity index (χ2n) is 4.83. The lowest BCUT2D eigenvalue weighted by Crippen LogP contribution is -2.39. The Balaban J connectivity index is 2.88. The molecule has 1 unspecified atom stereocenters. The molecule has 1 atom stereocenters. The van der Waals surface area contributed by atoms with Crippen LogP contribution in [0.25, 0.3) is 0 Å². The smallest absolute Gasteiger partial charge is 0.303 e. The summed E-state index contributed by atoms with van der Waals surface area (Å²) in [6.07, 6.45) is 0. The van der Waals surface area contributed by atoms with Crippen LogP contribution in [0.5, 0.6) is 11.5 Å². The Kier molecular flexibility index (Phi) is 6.02. The molecule has 1 amide bonds. The number of carbonyl (C=O) groups excluding carboxylic acids is 2. The van der Waals surface area contributed by atoms with Crippen LogP contribution in [0.3, 0.4) is 0 Å². The molecule has 1 aromatic rings. The van der Waals surface area contributed by atoms with E-state index in [0.29, 0.717) is 16.8 Å². The van der Waals surface area contributed by atoms with Crippen LogP contribution in [-0.2, 0) is 14.3 Å². The topological polar surface area (TPSA) is 84.9 Å². The van der Waals surface area contributed by atoms with E-state index in [0.717, 1.165) is 0 Å². The average molecular weight is 360 g/mol. The van der Waals surface area contributed by atoms with Gasteiger partial charge in [-0.1, -0.05) is 15.9 Å². The van der Waals surface area contributed by atoms with Crippen LogP contribution in [0.2, 0.25) is 0 Å². The van der Waals surface area contributed by atoms with Crippen LogP contribution in [0.4, 0.5) is 5.69 Å². The first-order valence-corrected chi connectivity index (χ1v) is 7.37. The number of hydrogen-bond acceptors (Lipinski definition) is 5. The van der Waals surface area contributed by atoms with Crippen LogP contribution >= 0.6 is 15.9 Å². The molecule has 1 rings (SSSR count). The quantitative estimate of drug-likeness (QED) is 0.463. The third kappa shape index (κ3) is 5.63. The van der Waals surface area contributed by atoms with Gasteiger partial charge in [0.1, 0.15) is 18.1 Å². The first-order chi connectivity index (χ1) is 9.75. The summed E-state index contributed by atoms with van der Waals surface area (Å²) >= 11 is 3.27. The molecule has 0 heterocycles. The fourth-order valence-electron chi connectivity index (χ4n) is 1.60. The number of amides is 1. The third-order valence-electron chi connectivity index (χ3n) is 2.48. The molecular formula is C14H18BrNO5. The summed E-state index contributed by atoms with van der Waals surface area (Å²) in [5.74, 6) is -0.371. The molecule has 6 nitrogen and oxygen atoms in total. The number of nitrogens with one attached hydrogen (secondary N) is 1. The average Bonchev–Trinajstić information content (AvgIpc) is 2.38. The zero-order valence-electron chi connectivity index (χ0n) is 12.1. The predicted molar refractivity (Wildman–Crippen MR) is 81.9 cm³/mol. The van der Waals surface area contributed by atoms with Crippen molar-refractivity contribution in [2.24, 2.45) is 0 Å². The number of phenols is 1. The van der Waals surface area contributed by atoms with Crippen LogP contribution in [0, 0.1) is 0 Å². The number of rotatable bonds is 6. The molecule has 0 bridgehead atoms. The molecule has 7 heteroatoms. The van der Waals surface area contributed by atoms with E-state index in [1.807, 2.05) is 0 Å². The van der Waals surface area contributed by atoms with Gasteiger partial charge in [-0.15, -0.1) is 0 Å². The van der Waals surface area contributed by atoms with Gasteiger partial charge in [-0.25, -0.2) is 0 Å². The highest BCUT2D eigenvalue weighted by Gasteiger charge is 2.28. The molecule has 0 aromatic heterocycles. The monoisotopic (exact) mass is 359 g/mol. The second-order valence-corrected chi connectivity index (χ2v) is 5.39. The standard InChI is InChI=1S/C14H18BrNO5/c1-9(17)16-12-5-4-11(19)6-13(12)20-8-14(3,7-15)21-10(2)18/h4-6,19H,7-8H2,1-3H3,(H,16,17). The first kappa shape index (κ1) is 17.3. The number of benzene rings is 1. The molecule has 1 aromatic carbocycles. The normalized spacial score (nSPS) is 13.1. The van der Waals surface area contributed by atoms with Crippen molar-refractivity contribution < 1.29 is 24.2 Å². The van der Waals surface area contributed by atoms with Crippen molar-refractivity contribution >= 4 is 33.5 Å². The third-order valence-corrected chi connectivity index (χ3v) is 3.67. The maximum Gasteiger partial charge on any atom is 0.303 e. The van der Waals surface area contributed by atoms with Gasteiger partial charge in [0.2, 0.25) is 5.91 Å². The Morgan fingerprint density at radius 2 is 2.05 bits per heavy atom. The summed E-state index contributed by atoms with van der Waals surface area (Å²) in [5, 5.41) is 12.5. The van der Waals surface area contributed by atoms with E-state index in [1.165, 1.54) is 32.0 Å². The predicted octanol–water partition coefficient (Wildman–Crippen LogP) is 2.45. The summed E-state index contributed by atoms with van der Waals surface area (Å²) < 4.78 is 10.8. The van der Waals surface area contributed by atoms with E-state index in [9.17, 15) is 14.7 Å². The summed E-state index contributed by atoms with van der Waals surface area (Å²) in [5.41, 5.74) is -0.426. The number of ether oxygens (including phenoxy) is 2. The summed E-state index contributed by atoms with van der Waals surface area (Å²) in [6.45, 7) is 4.47. The van der Waals surface area contributed by atoms with Crippen LogP contribution < -0.4 is 10.1 Å². The molecule has 0 aliphatic carbocycles. The molecule has 0 fully saturated rings. The van der Waals surface area contributed by atoms with E-state index >= 15 is 0 Å².